The number of benzene rings is 1. The molecule has 8 heteroatoms. The zero-order valence-corrected chi connectivity index (χ0v) is 19.1. The highest BCUT2D eigenvalue weighted by Crippen LogP contribution is 2.34. The number of likely N-dealkylation sites (tertiary alicyclic amines) is 1. The fourth-order valence-corrected chi connectivity index (χ4v) is 4.35. The van der Waals surface area contributed by atoms with E-state index in [4.69, 9.17) is 4.74 Å². The summed E-state index contributed by atoms with van der Waals surface area (Å²) in [6, 6.07) is 5.53. The molecular formula is C22H30N4O3S. The second kappa shape index (κ2) is 9.47. The maximum Gasteiger partial charge on any atom is 0.253 e. The minimum absolute atomic E-state index is 0.0246. The first-order valence-corrected chi connectivity index (χ1v) is 11.1. The fourth-order valence-electron chi connectivity index (χ4n) is 3.60. The van der Waals surface area contributed by atoms with E-state index in [1.807, 2.05) is 50.4 Å². The number of ether oxygens (including phenoxy) is 1. The minimum Gasteiger partial charge on any atom is -0.496 e. The van der Waals surface area contributed by atoms with Gasteiger partial charge in [0.2, 0.25) is 5.91 Å². The first kappa shape index (κ1) is 22.1. The Kier molecular flexibility index (Phi) is 6.97. The monoisotopic (exact) mass is 430 g/mol. The highest BCUT2D eigenvalue weighted by Gasteiger charge is 2.29. The molecule has 0 spiro atoms. The zero-order valence-electron chi connectivity index (χ0n) is 18.3. The highest BCUT2D eigenvalue weighted by molar-refractivity contribution is 7.14. The van der Waals surface area contributed by atoms with Gasteiger partial charge in [0.1, 0.15) is 5.75 Å². The SMILES string of the molecule is COc1ccc(C(=O)N2CCCC(C(=O)NC(C)C)C2)cc1-c1csc(N(C)C)n1. The van der Waals surface area contributed by atoms with Crippen molar-refractivity contribution in [3.63, 3.8) is 0 Å². The summed E-state index contributed by atoms with van der Waals surface area (Å²) in [6.45, 7) is 5.00. The smallest absolute Gasteiger partial charge is 0.253 e. The van der Waals surface area contributed by atoms with Crippen molar-refractivity contribution in [3.05, 3.63) is 29.1 Å². The van der Waals surface area contributed by atoms with Crippen molar-refractivity contribution in [1.82, 2.24) is 15.2 Å². The molecule has 3 rings (SSSR count). The average Bonchev–Trinajstić information content (AvgIpc) is 3.23. The van der Waals surface area contributed by atoms with E-state index in [1.54, 1.807) is 29.4 Å². The van der Waals surface area contributed by atoms with Gasteiger partial charge in [0, 0.05) is 49.7 Å². The van der Waals surface area contributed by atoms with E-state index in [0.29, 0.717) is 24.4 Å². The van der Waals surface area contributed by atoms with Crippen molar-refractivity contribution in [3.8, 4) is 17.0 Å². The summed E-state index contributed by atoms with van der Waals surface area (Å²) in [5.74, 6) is 0.472. The van der Waals surface area contributed by atoms with Gasteiger partial charge in [0.05, 0.1) is 18.7 Å². The standard InChI is InChI=1S/C22H30N4O3S/c1-14(2)23-20(27)16-7-6-10-26(12-16)21(28)15-8-9-19(29-5)17(11-15)18-13-30-22(24-18)25(3)4/h8-9,11,13-14,16H,6-7,10,12H2,1-5H3,(H,23,27). The number of nitrogens with zero attached hydrogens (tertiary/aromatic N) is 3. The molecule has 0 bridgehead atoms. The highest BCUT2D eigenvalue weighted by atomic mass is 32.1. The molecule has 1 aromatic carbocycles. The number of carbonyl (C=O) groups is 2. The van der Waals surface area contributed by atoms with E-state index >= 15 is 0 Å². The van der Waals surface area contributed by atoms with Crippen molar-refractivity contribution >= 4 is 28.3 Å². The van der Waals surface area contributed by atoms with E-state index < -0.39 is 0 Å². The third-order valence-corrected chi connectivity index (χ3v) is 6.12. The van der Waals surface area contributed by atoms with E-state index in [2.05, 4.69) is 10.3 Å². The minimum atomic E-state index is -0.163. The van der Waals surface area contributed by atoms with Gasteiger partial charge >= 0.3 is 0 Å². The third-order valence-electron chi connectivity index (χ3n) is 5.11. The maximum absolute atomic E-state index is 13.2. The van der Waals surface area contributed by atoms with Crippen LogP contribution in [0.1, 0.15) is 37.0 Å². The molecule has 1 aliphatic heterocycles. The summed E-state index contributed by atoms with van der Waals surface area (Å²) in [4.78, 5) is 34.0. The quantitative estimate of drug-likeness (QED) is 0.761. The van der Waals surface area contributed by atoms with Crippen LogP contribution >= 0.6 is 11.3 Å². The third kappa shape index (κ3) is 4.92. The van der Waals surface area contributed by atoms with Crippen LogP contribution in [-0.2, 0) is 4.79 Å². The molecule has 1 unspecified atom stereocenters. The summed E-state index contributed by atoms with van der Waals surface area (Å²) in [7, 11) is 5.51. The molecule has 30 heavy (non-hydrogen) atoms. The van der Waals surface area contributed by atoms with Crippen molar-refractivity contribution in [1.29, 1.82) is 0 Å². The van der Waals surface area contributed by atoms with Crippen molar-refractivity contribution in [2.24, 2.45) is 5.92 Å². The van der Waals surface area contributed by atoms with Gasteiger partial charge in [-0.3, -0.25) is 9.59 Å². The Bertz CT molecular complexity index is 910. The number of aromatic nitrogens is 1. The molecule has 7 nitrogen and oxygen atoms in total. The summed E-state index contributed by atoms with van der Waals surface area (Å²) in [5.41, 5.74) is 2.15. The molecule has 162 valence electrons. The second-order valence-corrected chi connectivity index (χ2v) is 8.91. The number of carbonyl (C=O) groups excluding carboxylic acids is 2. The van der Waals surface area contributed by atoms with Crippen molar-refractivity contribution in [2.45, 2.75) is 32.7 Å². The van der Waals surface area contributed by atoms with Gasteiger partial charge in [-0.1, -0.05) is 0 Å². The van der Waals surface area contributed by atoms with Crippen LogP contribution < -0.4 is 15.0 Å². The molecule has 1 saturated heterocycles. The van der Waals surface area contributed by atoms with Gasteiger partial charge in [-0.05, 0) is 44.9 Å². The molecule has 1 atom stereocenters. The molecule has 1 aliphatic rings. The van der Waals surface area contributed by atoms with Crippen molar-refractivity contribution < 1.29 is 14.3 Å². The first-order valence-electron chi connectivity index (χ1n) is 10.2. The van der Waals surface area contributed by atoms with Crippen LogP contribution in [0.5, 0.6) is 5.75 Å². The average molecular weight is 431 g/mol. The van der Waals surface area contributed by atoms with E-state index in [9.17, 15) is 9.59 Å². The van der Waals surface area contributed by atoms with Gasteiger partial charge in [-0.2, -0.15) is 0 Å². The van der Waals surface area contributed by atoms with Crippen LogP contribution in [0.2, 0.25) is 0 Å². The molecule has 0 saturated carbocycles. The Morgan fingerprint density at radius 2 is 2.10 bits per heavy atom. The summed E-state index contributed by atoms with van der Waals surface area (Å²) < 4.78 is 5.51. The molecule has 1 aromatic heterocycles. The lowest BCUT2D eigenvalue weighted by Crippen LogP contribution is -2.46. The van der Waals surface area contributed by atoms with Crippen LogP contribution in [0.25, 0.3) is 11.3 Å². The Hall–Kier alpha value is -2.61. The van der Waals surface area contributed by atoms with Gasteiger partial charge in [0.25, 0.3) is 5.91 Å². The number of piperidine rings is 1. The van der Waals surface area contributed by atoms with Crippen molar-refractivity contribution in [2.75, 3.05) is 39.2 Å². The molecule has 1 N–H and O–H groups in total. The number of thiazole rings is 1. The topological polar surface area (TPSA) is 74.8 Å². The van der Waals surface area contributed by atoms with Gasteiger partial charge < -0.3 is 19.9 Å². The van der Waals surface area contributed by atoms with Gasteiger partial charge in [-0.15, -0.1) is 11.3 Å². The number of anilines is 1. The Labute approximate surface area is 182 Å². The Morgan fingerprint density at radius 3 is 2.73 bits per heavy atom. The van der Waals surface area contributed by atoms with Crippen LogP contribution in [0.4, 0.5) is 5.13 Å². The molecule has 2 amide bonds. The number of nitrogens with one attached hydrogen (secondary N) is 1. The molecule has 2 heterocycles. The lowest BCUT2D eigenvalue weighted by atomic mass is 9.96. The predicted molar refractivity (Wildman–Crippen MR) is 120 cm³/mol. The molecule has 0 radical (unpaired) electrons. The van der Waals surface area contributed by atoms with Crippen LogP contribution in [-0.4, -0.2) is 62.0 Å². The normalized spacial score (nSPS) is 16.5. The van der Waals surface area contributed by atoms with E-state index in [-0.39, 0.29) is 23.8 Å². The molecule has 0 aliphatic carbocycles. The Morgan fingerprint density at radius 1 is 1.33 bits per heavy atom. The number of hydrogen-bond acceptors (Lipinski definition) is 6. The summed E-state index contributed by atoms with van der Waals surface area (Å²) in [5, 5.41) is 5.82. The maximum atomic E-state index is 13.2. The van der Waals surface area contributed by atoms with Crippen LogP contribution in [0.3, 0.4) is 0 Å². The number of rotatable bonds is 6. The summed E-state index contributed by atoms with van der Waals surface area (Å²) in [6.07, 6.45) is 1.63. The second-order valence-electron chi connectivity index (χ2n) is 8.08. The van der Waals surface area contributed by atoms with Crippen LogP contribution in [0.15, 0.2) is 23.6 Å². The van der Waals surface area contributed by atoms with E-state index in [1.165, 1.54) is 0 Å². The molecule has 2 aromatic rings. The van der Waals surface area contributed by atoms with Gasteiger partial charge in [0.15, 0.2) is 5.13 Å². The molecular weight excluding hydrogens is 400 g/mol. The fraction of sp³-hybridized carbons (Fsp3) is 0.500. The van der Waals surface area contributed by atoms with E-state index in [0.717, 1.165) is 29.2 Å². The predicted octanol–water partition coefficient (Wildman–Crippen LogP) is 3.26. The first-order chi connectivity index (χ1) is 14.3. The Balaban J connectivity index is 1.82. The lowest BCUT2D eigenvalue weighted by Gasteiger charge is -2.32. The number of hydrogen-bond donors (Lipinski definition) is 1. The zero-order chi connectivity index (χ0) is 21.8. The largest absolute Gasteiger partial charge is 0.496 e. The number of methoxy groups -OCH3 is 1. The summed E-state index contributed by atoms with van der Waals surface area (Å²) >= 11 is 1.54. The van der Waals surface area contributed by atoms with Gasteiger partial charge in [-0.25, -0.2) is 4.98 Å². The lowest BCUT2D eigenvalue weighted by molar-refractivity contribution is -0.126. The molecule has 1 fully saturated rings. The van der Waals surface area contributed by atoms with Crippen LogP contribution in [0, 0.1) is 5.92 Å². The number of amides is 2.